The molecule has 2 heterocycles. The van der Waals surface area contributed by atoms with Gasteiger partial charge in [-0.05, 0) is 61.5 Å². The third kappa shape index (κ3) is 3.61. The average Bonchev–Trinajstić information content (AvgIpc) is 3.49. The maximum atomic E-state index is 13.8. The fourth-order valence-corrected chi connectivity index (χ4v) is 6.99. The summed E-state index contributed by atoms with van der Waals surface area (Å²) in [6.45, 7) is 12.4. The molecule has 2 saturated carbocycles. The molecule has 1 saturated heterocycles. The van der Waals surface area contributed by atoms with Crippen molar-refractivity contribution >= 4 is 22.9 Å². The molecule has 6 nitrogen and oxygen atoms in total. The SMILES string of the molecule is CC1CCN(C(=O)[C@](C)(Cc2c[nH]c3ccccc23)NC(=O)O[C@@H]2C[C@H]3CC[C@@]2(C)C3(C)C)C1. The number of hydrogen-bond acceptors (Lipinski definition) is 3. The lowest BCUT2D eigenvalue weighted by molar-refractivity contribution is -0.136. The van der Waals surface area contributed by atoms with E-state index in [9.17, 15) is 9.59 Å². The smallest absolute Gasteiger partial charge is 0.408 e. The predicted molar refractivity (Wildman–Crippen MR) is 133 cm³/mol. The highest BCUT2D eigenvalue weighted by Crippen LogP contribution is 2.66. The molecule has 6 heteroatoms. The van der Waals surface area contributed by atoms with Crippen LogP contribution in [0.5, 0.6) is 0 Å². The number of ether oxygens (including phenoxy) is 1. The van der Waals surface area contributed by atoms with Gasteiger partial charge >= 0.3 is 6.09 Å². The van der Waals surface area contributed by atoms with Crippen molar-refractivity contribution in [1.29, 1.82) is 0 Å². The van der Waals surface area contributed by atoms with Crippen molar-refractivity contribution in [3.05, 3.63) is 36.0 Å². The van der Waals surface area contributed by atoms with Gasteiger partial charge in [0.25, 0.3) is 0 Å². The quantitative estimate of drug-likeness (QED) is 0.631. The third-order valence-electron chi connectivity index (χ3n) is 9.74. The van der Waals surface area contributed by atoms with Gasteiger partial charge in [-0.1, -0.05) is 45.9 Å². The fraction of sp³-hybridized carbons (Fsp3) is 0.643. The van der Waals surface area contributed by atoms with Gasteiger partial charge in [0.15, 0.2) is 0 Å². The van der Waals surface area contributed by atoms with Crippen LogP contribution >= 0.6 is 0 Å². The molecule has 2 N–H and O–H groups in total. The maximum Gasteiger partial charge on any atom is 0.408 e. The van der Waals surface area contributed by atoms with Gasteiger partial charge in [-0.3, -0.25) is 4.79 Å². The second-order valence-electron chi connectivity index (χ2n) is 12.1. The van der Waals surface area contributed by atoms with Crippen LogP contribution in [-0.4, -0.2) is 46.6 Å². The number of fused-ring (bicyclic) bond motifs is 3. The second kappa shape index (κ2) is 8.03. The number of rotatable bonds is 5. The molecule has 2 bridgehead atoms. The number of nitrogens with zero attached hydrogens (tertiary/aromatic N) is 1. The summed E-state index contributed by atoms with van der Waals surface area (Å²) in [6, 6.07) is 8.08. The van der Waals surface area contributed by atoms with Crippen LogP contribution in [-0.2, 0) is 16.0 Å². The van der Waals surface area contributed by atoms with Crippen LogP contribution in [0.25, 0.3) is 10.9 Å². The van der Waals surface area contributed by atoms with Gasteiger partial charge in [-0.15, -0.1) is 0 Å². The number of para-hydroxylation sites is 1. The van der Waals surface area contributed by atoms with E-state index in [0.29, 0.717) is 18.3 Å². The van der Waals surface area contributed by atoms with Crippen molar-refractivity contribution < 1.29 is 14.3 Å². The van der Waals surface area contributed by atoms with E-state index in [-0.39, 0.29) is 22.8 Å². The molecule has 5 rings (SSSR count). The lowest BCUT2D eigenvalue weighted by atomic mass is 9.70. The standard InChI is InChI=1S/C28H39N3O3/c1-18-11-13-31(17-18)24(32)28(5,15-19-16-29-22-9-7-6-8-21(19)22)30-25(33)34-23-14-20-10-12-27(23,4)26(20,2)3/h6-9,16,18,20,23,29H,10-15,17H2,1-5H3,(H,30,33)/t18?,20-,23-,27-,28+/m1/s1. The number of aromatic nitrogens is 1. The summed E-state index contributed by atoms with van der Waals surface area (Å²) in [4.78, 5) is 32.3. The minimum absolute atomic E-state index is 0.0172. The lowest BCUT2D eigenvalue weighted by Gasteiger charge is -2.39. The molecule has 1 aromatic carbocycles. The molecule has 184 valence electrons. The summed E-state index contributed by atoms with van der Waals surface area (Å²) in [7, 11) is 0. The Kier molecular flexibility index (Phi) is 5.49. The largest absolute Gasteiger partial charge is 0.446 e. The normalized spacial score (nSPS) is 31.6. The zero-order chi connectivity index (χ0) is 24.3. The highest BCUT2D eigenvalue weighted by Gasteiger charge is 2.63. The Morgan fingerprint density at radius 2 is 2.00 bits per heavy atom. The van der Waals surface area contributed by atoms with E-state index in [0.717, 1.165) is 48.8 Å². The number of carbonyl (C=O) groups is 2. The number of carbonyl (C=O) groups excluding carboxylic acids is 2. The molecule has 2 aliphatic carbocycles. The second-order valence-corrected chi connectivity index (χ2v) is 12.1. The van der Waals surface area contributed by atoms with Crippen molar-refractivity contribution in [2.24, 2.45) is 22.7 Å². The first-order valence-electron chi connectivity index (χ1n) is 12.9. The molecule has 5 atom stereocenters. The Hall–Kier alpha value is -2.50. The number of hydrogen-bond donors (Lipinski definition) is 2. The number of alkyl carbamates (subject to hydrolysis) is 1. The van der Waals surface area contributed by atoms with Crippen LogP contribution in [0.3, 0.4) is 0 Å². The van der Waals surface area contributed by atoms with Crippen molar-refractivity contribution in [2.75, 3.05) is 13.1 Å². The Morgan fingerprint density at radius 1 is 1.24 bits per heavy atom. The lowest BCUT2D eigenvalue weighted by Crippen LogP contribution is -2.59. The summed E-state index contributed by atoms with van der Waals surface area (Å²) in [5.74, 6) is 1.03. The number of benzene rings is 1. The predicted octanol–water partition coefficient (Wildman–Crippen LogP) is 5.28. The Bertz CT molecular complexity index is 1110. The van der Waals surface area contributed by atoms with E-state index in [1.165, 1.54) is 6.42 Å². The summed E-state index contributed by atoms with van der Waals surface area (Å²) in [6.07, 6.45) is 5.97. The van der Waals surface area contributed by atoms with Gasteiger partial charge < -0.3 is 19.9 Å². The van der Waals surface area contributed by atoms with Crippen molar-refractivity contribution in [2.45, 2.75) is 78.4 Å². The van der Waals surface area contributed by atoms with Gasteiger partial charge in [-0.25, -0.2) is 4.79 Å². The van der Waals surface area contributed by atoms with Crippen LogP contribution < -0.4 is 5.32 Å². The summed E-state index contributed by atoms with van der Waals surface area (Å²) in [5, 5.41) is 4.13. The topological polar surface area (TPSA) is 74.4 Å². The third-order valence-corrected chi connectivity index (χ3v) is 9.74. The Morgan fingerprint density at radius 3 is 2.65 bits per heavy atom. The average molecular weight is 466 g/mol. The number of aromatic amines is 1. The number of H-pyrrole nitrogens is 1. The Balaban J connectivity index is 1.38. The molecule has 1 aromatic heterocycles. The molecule has 3 fully saturated rings. The maximum absolute atomic E-state index is 13.8. The zero-order valence-electron chi connectivity index (χ0n) is 21.2. The van der Waals surface area contributed by atoms with Gasteiger partial charge in [0.2, 0.25) is 5.91 Å². The first-order chi connectivity index (χ1) is 16.0. The molecule has 1 unspecified atom stereocenters. The van der Waals surface area contributed by atoms with Gasteiger partial charge in [0.1, 0.15) is 11.6 Å². The van der Waals surface area contributed by atoms with Gasteiger partial charge in [-0.2, -0.15) is 0 Å². The summed E-state index contributed by atoms with van der Waals surface area (Å²) >= 11 is 0. The Labute approximate surface area is 202 Å². The first kappa shape index (κ1) is 23.3. The van der Waals surface area contributed by atoms with Crippen molar-refractivity contribution in [3.8, 4) is 0 Å². The van der Waals surface area contributed by atoms with Crippen LogP contribution in [0.4, 0.5) is 4.79 Å². The molecule has 2 aromatic rings. The fourth-order valence-electron chi connectivity index (χ4n) is 6.99. The van der Waals surface area contributed by atoms with E-state index in [2.05, 4.69) is 44.1 Å². The molecule has 0 spiro atoms. The first-order valence-corrected chi connectivity index (χ1v) is 12.9. The van der Waals surface area contributed by atoms with E-state index in [1.54, 1.807) is 0 Å². The number of likely N-dealkylation sites (tertiary alicyclic amines) is 1. The molecule has 2 amide bonds. The van der Waals surface area contributed by atoms with E-state index in [4.69, 9.17) is 4.74 Å². The zero-order valence-corrected chi connectivity index (χ0v) is 21.2. The minimum Gasteiger partial charge on any atom is -0.446 e. The molecular weight excluding hydrogens is 426 g/mol. The van der Waals surface area contributed by atoms with Gasteiger partial charge in [0, 0.05) is 42.0 Å². The summed E-state index contributed by atoms with van der Waals surface area (Å²) < 4.78 is 6.09. The summed E-state index contributed by atoms with van der Waals surface area (Å²) in [5.41, 5.74) is 1.11. The molecular formula is C28H39N3O3. The highest BCUT2D eigenvalue weighted by atomic mass is 16.6. The number of nitrogens with one attached hydrogen (secondary N) is 2. The van der Waals surface area contributed by atoms with Crippen LogP contribution in [0.15, 0.2) is 30.5 Å². The van der Waals surface area contributed by atoms with Crippen molar-refractivity contribution in [3.63, 3.8) is 0 Å². The van der Waals surface area contributed by atoms with E-state index < -0.39 is 11.6 Å². The molecule has 0 radical (unpaired) electrons. The molecule has 3 aliphatic rings. The van der Waals surface area contributed by atoms with Crippen molar-refractivity contribution in [1.82, 2.24) is 15.2 Å². The van der Waals surface area contributed by atoms with Crippen LogP contribution in [0.1, 0.15) is 65.9 Å². The van der Waals surface area contributed by atoms with Crippen LogP contribution in [0, 0.1) is 22.7 Å². The molecule has 34 heavy (non-hydrogen) atoms. The van der Waals surface area contributed by atoms with E-state index >= 15 is 0 Å². The van der Waals surface area contributed by atoms with Crippen LogP contribution in [0.2, 0.25) is 0 Å². The van der Waals surface area contributed by atoms with E-state index in [1.807, 2.05) is 36.2 Å². The monoisotopic (exact) mass is 465 g/mol. The minimum atomic E-state index is -1.08. The van der Waals surface area contributed by atoms with Gasteiger partial charge in [0.05, 0.1) is 0 Å². The molecule has 1 aliphatic heterocycles. The number of amides is 2. The highest BCUT2D eigenvalue weighted by molar-refractivity contribution is 5.91.